The number of aliphatic hydroxyl groups is 1. The molecule has 0 aromatic rings. The highest BCUT2D eigenvalue weighted by Gasteiger charge is 2.68. The topological polar surface area (TPSA) is 80.7 Å². The Morgan fingerprint density at radius 3 is 2.59 bits per heavy atom. The number of hydrogen-bond acceptors (Lipinski definition) is 5. The van der Waals surface area contributed by atoms with Gasteiger partial charge in [-0.05, 0) is 68.4 Å². The SMILES string of the molecule is CCC(=O)O[C@]1(C(=O)CO)CC[C@H]2[C@H]3CCC4=CC(=O)C=C[C@]4(C)[C@H]3CC[C@@]21C. The van der Waals surface area contributed by atoms with Crippen molar-refractivity contribution in [3.63, 3.8) is 0 Å². The van der Waals surface area contributed by atoms with Crippen molar-refractivity contribution in [2.45, 2.75) is 71.3 Å². The summed E-state index contributed by atoms with van der Waals surface area (Å²) in [5.41, 5.74) is -0.530. The Morgan fingerprint density at radius 2 is 1.90 bits per heavy atom. The fourth-order valence-corrected chi connectivity index (χ4v) is 7.27. The average molecular weight is 401 g/mol. The second-order valence-electron chi connectivity index (χ2n) is 9.83. The van der Waals surface area contributed by atoms with Crippen LogP contribution in [0.15, 0.2) is 23.8 Å². The number of fused-ring (bicyclic) bond motifs is 5. The molecule has 0 bridgehead atoms. The van der Waals surface area contributed by atoms with Crippen LogP contribution < -0.4 is 0 Å². The van der Waals surface area contributed by atoms with E-state index < -0.39 is 17.6 Å². The summed E-state index contributed by atoms with van der Waals surface area (Å²) in [5, 5.41) is 9.71. The Kier molecular flexibility index (Phi) is 4.88. The van der Waals surface area contributed by atoms with Crippen LogP contribution >= 0.6 is 0 Å². The molecule has 3 fully saturated rings. The monoisotopic (exact) mass is 400 g/mol. The van der Waals surface area contributed by atoms with Crippen LogP contribution in [-0.2, 0) is 19.1 Å². The van der Waals surface area contributed by atoms with Crippen molar-refractivity contribution in [1.29, 1.82) is 0 Å². The lowest BCUT2D eigenvalue weighted by Crippen LogP contribution is -2.59. The molecule has 0 unspecified atom stereocenters. The van der Waals surface area contributed by atoms with Gasteiger partial charge in [0.1, 0.15) is 6.61 Å². The first-order chi connectivity index (χ1) is 13.7. The summed E-state index contributed by atoms with van der Waals surface area (Å²) in [6.07, 6.45) is 10.8. The van der Waals surface area contributed by atoms with Gasteiger partial charge in [0.2, 0.25) is 5.78 Å². The van der Waals surface area contributed by atoms with Crippen LogP contribution in [-0.4, -0.2) is 34.9 Å². The molecule has 0 spiro atoms. The molecule has 5 heteroatoms. The minimum Gasteiger partial charge on any atom is -0.450 e. The smallest absolute Gasteiger partial charge is 0.306 e. The molecule has 1 N–H and O–H groups in total. The van der Waals surface area contributed by atoms with Gasteiger partial charge < -0.3 is 9.84 Å². The molecule has 0 aromatic heterocycles. The van der Waals surface area contributed by atoms with E-state index >= 15 is 0 Å². The number of aliphatic hydroxyl groups excluding tert-OH is 1. The van der Waals surface area contributed by atoms with Crippen molar-refractivity contribution in [3.8, 4) is 0 Å². The predicted molar refractivity (Wildman–Crippen MR) is 108 cm³/mol. The Labute approximate surface area is 172 Å². The minimum absolute atomic E-state index is 0.0801. The Morgan fingerprint density at radius 1 is 1.17 bits per heavy atom. The minimum atomic E-state index is -1.21. The molecule has 0 heterocycles. The fraction of sp³-hybridized carbons (Fsp3) is 0.708. The zero-order chi connectivity index (χ0) is 21.0. The van der Waals surface area contributed by atoms with Crippen molar-refractivity contribution in [3.05, 3.63) is 23.8 Å². The van der Waals surface area contributed by atoms with Crippen LogP contribution in [0.3, 0.4) is 0 Å². The molecule has 4 aliphatic carbocycles. The first-order valence-corrected chi connectivity index (χ1v) is 11.0. The van der Waals surface area contributed by atoms with Gasteiger partial charge in [0, 0.05) is 17.3 Å². The van der Waals surface area contributed by atoms with Crippen LogP contribution in [0.25, 0.3) is 0 Å². The summed E-state index contributed by atoms with van der Waals surface area (Å²) in [7, 11) is 0. The molecule has 158 valence electrons. The zero-order valence-corrected chi connectivity index (χ0v) is 17.7. The van der Waals surface area contributed by atoms with Gasteiger partial charge in [-0.2, -0.15) is 0 Å². The van der Waals surface area contributed by atoms with Crippen molar-refractivity contribution < 1.29 is 24.2 Å². The first kappa shape index (κ1) is 20.5. The van der Waals surface area contributed by atoms with E-state index in [1.54, 1.807) is 13.0 Å². The van der Waals surface area contributed by atoms with Gasteiger partial charge in [0.15, 0.2) is 11.4 Å². The maximum absolute atomic E-state index is 12.9. The molecule has 5 nitrogen and oxygen atoms in total. The lowest BCUT2D eigenvalue weighted by molar-refractivity contribution is -0.190. The number of hydrogen-bond donors (Lipinski definition) is 1. The number of ether oxygens (including phenoxy) is 1. The summed E-state index contributed by atoms with van der Waals surface area (Å²) >= 11 is 0. The van der Waals surface area contributed by atoms with Crippen LogP contribution in [0, 0.1) is 28.6 Å². The van der Waals surface area contributed by atoms with E-state index in [0.29, 0.717) is 18.3 Å². The highest BCUT2D eigenvalue weighted by atomic mass is 16.6. The Hall–Kier alpha value is -1.75. The zero-order valence-electron chi connectivity index (χ0n) is 17.7. The van der Waals surface area contributed by atoms with Gasteiger partial charge in [0.05, 0.1) is 0 Å². The number of Topliss-reactive ketones (excluding diaryl/α,β-unsaturated/α-hetero) is 1. The summed E-state index contributed by atoms with van der Waals surface area (Å²) in [4.78, 5) is 37.1. The fourth-order valence-electron chi connectivity index (χ4n) is 7.27. The van der Waals surface area contributed by atoms with E-state index in [4.69, 9.17) is 4.74 Å². The van der Waals surface area contributed by atoms with Gasteiger partial charge in [-0.15, -0.1) is 0 Å². The largest absolute Gasteiger partial charge is 0.450 e. The third-order valence-corrected chi connectivity index (χ3v) is 8.85. The van der Waals surface area contributed by atoms with Crippen LogP contribution in [0.5, 0.6) is 0 Å². The van der Waals surface area contributed by atoms with E-state index in [0.717, 1.165) is 32.1 Å². The Bertz CT molecular complexity index is 810. The van der Waals surface area contributed by atoms with Crippen LogP contribution in [0.4, 0.5) is 0 Å². The maximum atomic E-state index is 12.9. The summed E-state index contributed by atoms with van der Waals surface area (Å²) in [6, 6.07) is 0. The third kappa shape index (κ3) is 2.73. The number of esters is 1. The van der Waals surface area contributed by atoms with Crippen molar-refractivity contribution in [2.24, 2.45) is 28.6 Å². The van der Waals surface area contributed by atoms with Crippen molar-refractivity contribution in [2.75, 3.05) is 6.61 Å². The maximum Gasteiger partial charge on any atom is 0.306 e. The standard InChI is InChI=1S/C24H32O5/c1-4-21(28)29-24(20(27)14-25)12-9-19-17-6-5-15-13-16(26)7-10-22(15,2)18(17)8-11-23(19,24)3/h7,10,13,17-19,25H,4-6,8-9,11-12,14H2,1-3H3/t17-,18-,19-,22-,23-,24-/m0/s1. The molecule has 29 heavy (non-hydrogen) atoms. The lowest BCUT2D eigenvalue weighted by Gasteiger charge is -2.58. The lowest BCUT2D eigenvalue weighted by atomic mass is 9.47. The van der Waals surface area contributed by atoms with E-state index in [1.807, 2.05) is 6.08 Å². The van der Waals surface area contributed by atoms with E-state index in [-0.39, 0.29) is 35.3 Å². The highest BCUT2D eigenvalue weighted by molar-refractivity contribution is 6.01. The predicted octanol–water partition coefficient (Wildman–Crippen LogP) is 3.55. The van der Waals surface area contributed by atoms with Crippen LogP contribution in [0.2, 0.25) is 0 Å². The Balaban J connectivity index is 1.70. The molecular weight excluding hydrogens is 368 g/mol. The summed E-state index contributed by atoms with van der Waals surface area (Å²) < 4.78 is 5.88. The van der Waals surface area contributed by atoms with Gasteiger partial charge >= 0.3 is 5.97 Å². The molecule has 0 aromatic carbocycles. The van der Waals surface area contributed by atoms with E-state index in [2.05, 4.69) is 19.9 Å². The highest BCUT2D eigenvalue weighted by Crippen LogP contribution is 2.67. The van der Waals surface area contributed by atoms with Crippen molar-refractivity contribution in [1.82, 2.24) is 0 Å². The molecule has 3 saturated carbocycles. The van der Waals surface area contributed by atoms with Crippen LogP contribution in [0.1, 0.15) is 65.7 Å². The van der Waals surface area contributed by atoms with Crippen molar-refractivity contribution >= 4 is 17.5 Å². The average Bonchev–Trinajstić information content (AvgIpc) is 3.01. The molecular formula is C24H32O5. The molecule has 4 rings (SSSR count). The molecule has 0 amide bonds. The molecule has 0 radical (unpaired) electrons. The number of rotatable bonds is 4. The summed E-state index contributed by atoms with van der Waals surface area (Å²) in [6.45, 7) is 5.49. The molecule has 0 saturated heterocycles. The molecule has 6 atom stereocenters. The molecule has 0 aliphatic heterocycles. The third-order valence-electron chi connectivity index (χ3n) is 8.85. The number of ketones is 2. The van der Waals surface area contributed by atoms with Gasteiger partial charge in [0.25, 0.3) is 0 Å². The van der Waals surface area contributed by atoms with E-state index in [9.17, 15) is 19.5 Å². The normalized spacial score (nSPS) is 43.1. The quantitative estimate of drug-likeness (QED) is 0.730. The van der Waals surface area contributed by atoms with Gasteiger partial charge in [-0.25, -0.2) is 0 Å². The van der Waals surface area contributed by atoms with Gasteiger partial charge in [-0.3, -0.25) is 14.4 Å². The first-order valence-electron chi connectivity index (χ1n) is 11.0. The number of allylic oxidation sites excluding steroid dienone is 4. The second-order valence-corrected chi connectivity index (χ2v) is 9.83. The van der Waals surface area contributed by atoms with Gasteiger partial charge in [-0.1, -0.05) is 32.4 Å². The number of carbonyl (C=O) groups excluding carboxylic acids is 3. The second kappa shape index (κ2) is 6.90. The number of carbonyl (C=O) groups is 3. The summed E-state index contributed by atoms with van der Waals surface area (Å²) in [5.74, 6) is 0.468. The molecule has 4 aliphatic rings. The van der Waals surface area contributed by atoms with E-state index in [1.165, 1.54) is 5.57 Å².